The number of nitrogens with zero attached hydrogens (tertiary/aromatic N) is 2. The Bertz CT molecular complexity index is 745. The summed E-state index contributed by atoms with van der Waals surface area (Å²) in [5.41, 5.74) is 3.68. The fourth-order valence-electron chi connectivity index (χ4n) is 2.02. The first-order chi connectivity index (χ1) is 10.2. The molecular weight excluding hydrogens is 262 g/mol. The molecule has 4 nitrogen and oxygen atoms in total. The minimum atomic E-state index is -0.228. The van der Waals surface area contributed by atoms with Crippen LogP contribution in [0.5, 0.6) is 0 Å². The lowest BCUT2D eigenvalue weighted by atomic mass is 10.2. The van der Waals surface area contributed by atoms with E-state index in [9.17, 15) is 4.79 Å². The Hall–Kier alpha value is -2.88. The summed E-state index contributed by atoms with van der Waals surface area (Å²) in [7, 11) is 0. The van der Waals surface area contributed by atoms with Gasteiger partial charge in [-0.15, -0.1) is 0 Å². The van der Waals surface area contributed by atoms with E-state index in [0.29, 0.717) is 0 Å². The van der Waals surface area contributed by atoms with Crippen LogP contribution < -0.4 is 5.32 Å². The van der Waals surface area contributed by atoms with Gasteiger partial charge in [-0.1, -0.05) is 48.0 Å². The zero-order valence-electron chi connectivity index (χ0n) is 11.7. The number of rotatable bonds is 2. The highest BCUT2D eigenvalue weighted by atomic mass is 16.2. The van der Waals surface area contributed by atoms with Crippen LogP contribution in [0.2, 0.25) is 0 Å². The molecule has 4 heteroatoms. The highest BCUT2D eigenvalue weighted by Gasteiger charge is 2.08. The molecule has 0 unspecified atom stereocenters. The van der Waals surface area contributed by atoms with E-state index in [4.69, 9.17) is 0 Å². The van der Waals surface area contributed by atoms with Gasteiger partial charge in [0.2, 0.25) is 0 Å². The Kier molecular flexibility index (Phi) is 3.51. The van der Waals surface area contributed by atoms with Crippen molar-refractivity contribution >= 4 is 11.7 Å². The third-order valence-electron chi connectivity index (χ3n) is 3.19. The van der Waals surface area contributed by atoms with Crippen molar-refractivity contribution in [2.75, 3.05) is 5.32 Å². The van der Waals surface area contributed by atoms with E-state index in [-0.39, 0.29) is 6.03 Å². The molecule has 1 N–H and O–H groups in total. The third kappa shape index (κ3) is 3.00. The molecule has 1 heterocycles. The number of anilines is 1. The Morgan fingerprint density at radius 1 is 1.05 bits per heavy atom. The number of carbonyl (C=O) groups is 1. The Morgan fingerprint density at radius 3 is 2.48 bits per heavy atom. The summed E-state index contributed by atoms with van der Waals surface area (Å²) in [5, 5.41) is 2.83. The molecule has 21 heavy (non-hydrogen) atoms. The van der Waals surface area contributed by atoms with E-state index >= 15 is 0 Å². The molecule has 0 atom stereocenters. The average Bonchev–Trinajstić information content (AvgIpc) is 3.00. The predicted octanol–water partition coefficient (Wildman–Crippen LogP) is 3.94. The van der Waals surface area contributed by atoms with E-state index in [1.807, 2.05) is 61.5 Å². The molecule has 0 aliphatic carbocycles. The molecule has 1 amide bonds. The van der Waals surface area contributed by atoms with Gasteiger partial charge in [0.25, 0.3) is 0 Å². The largest absolute Gasteiger partial charge is 0.331 e. The van der Waals surface area contributed by atoms with Gasteiger partial charge in [-0.3, -0.25) is 4.57 Å². The molecule has 0 saturated carbocycles. The number of aryl methyl sites for hydroxylation is 1. The van der Waals surface area contributed by atoms with Gasteiger partial charge in [0.15, 0.2) is 0 Å². The Balaban J connectivity index is 1.77. The Morgan fingerprint density at radius 2 is 1.76 bits per heavy atom. The second-order valence-electron chi connectivity index (χ2n) is 4.83. The molecule has 1 aromatic heterocycles. The van der Waals surface area contributed by atoms with Gasteiger partial charge >= 0.3 is 6.03 Å². The maximum Gasteiger partial charge on any atom is 0.331 e. The summed E-state index contributed by atoms with van der Waals surface area (Å²) in [6.07, 6.45) is 3.24. The van der Waals surface area contributed by atoms with Crippen LogP contribution in [0.3, 0.4) is 0 Å². The number of imidazole rings is 1. The highest BCUT2D eigenvalue weighted by molar-refractivity contribution is 5.91. The Labute approximate surface area is 123 Å². The number of benzene rings is 2. The van der Waals surface area contributed by atoms with E-state index in [0.717, 1.165) is 22.5 Å². The normalized spacial score (nSPS) is 10.3. The minimum Gasteiger partial charge on any atom is -0.307 e. The first-order valence-electron chi connectivity index (χ1n) is 6.70. The summed E-state index contributed by atoms with van der Waals surface area (Å²) in [4.78, 5) is 16.4. The second-order valence-corrected chi connectivity index (χ2v) is 4.83. The number of hydrogen-bond acceptors (Lipinski definition) is 2. The van der Waals surface area contributed by atoms with E-state index < -0.39 is 0 Å². The summed E-state index contributed by atoms with van der Waals surface area (Å²) < 4.78 is 1.45. The fraction of sp³-hybridized carbons (Fsp3) is 0.0588. The number of nitrogens with one attached hydrogen (secondary N) is 1. The third-order valence-corrected chi connectivity index (χ3v) is 3.19. The van der Waals surface area contributed by atoms with Crippen molar-refractivity contribution in [3.05, 3.63) is 72.7 Å². The van der Waals surface area contributed by atoms with Crippen molar-refractivity contribution in [3.8, 4) is 11.3 Å². The maximum atomic E-state index is 12.2. The van der Waals surface area contributed by atoms with Gasteiger partial charge in [0.1, 0.15) is 6.33 Å². The molecule has 0 radical (unpaired) electrons. The zero-order chi connectivity index (χ0) is 14.7. The van der Waals surface area contributed by atoms with E-state index in [2.05, 4.69) is 10.3 Å². The van der Waals surface area contributed by atoms with Gasteiger partial charge in [-0.2, -0.15) is 0 Å². The van der Waals surface area contributed by atoms with Crippen LogP contribution in [0.15, 0.2) is 67.1 Å². The van der Waals surface area contributed by atoms with Crippen molar-refractivity contribution in [2.24, 2.45) is 0 Å². The number of amides is 1. The SMILES string of the molecule is Cc1ccc(NC(=O)n2cnc(-c3ccccc3)c2)cc1. The van der Waals surface area contributed by atoms with Crippen LogP contribution >= 0.6 is 0 Å². The highest BCUT2D eigenvalue weighted by Crippen LogP contribution is 2.16. The molecule has 0 aliphatic rings. The summed E-state index contributed by atoms with van der Waals surface area (Å²) >= 11 is 0. The smallest absolute Gasteiger partial charge is 0.307 e. The van der Waals surface area contributed by atoms with Gasteiger partial charge in [0.05, 0.1) is 5.69 Å². The molecular formula is C17H15N3O. The molecule has 0 saturated heterocycles. The van der Waals surface area contributed by atoms with Crippen molar-refractivity contribution in [1.29, 1.82) is 0 Å². The predicted molar refractivity (Wildman–Crippen MR) is 83.3 cm³/mol. The van der Waals surface area contributed by atoms with Crippen molar-refractivity contribution in [2.45, 2.75) is 6.92 Å². The van der Waals surface area contributed by atoms with Crippen LogP contribution in [-0.4, -0.2) is 15.6 Å². The lowest BCUT2D eigenvalue weighted by Crippen LogP contribution is -2.17. The van der Waals surface area contributed by atoms with Gasteiger partial charge < -0.3 is 5.32 Å². The zero-order valence-corrected chi connectivity index (χ0v) is 11.7. The van der Waals surface area contributed by atoms with Gasteiger partial charge in [-0.25, -0.2) is 9.78 Å². The average molecular weight is 277 g/mol. The fourth-order valence-corrected chi connectivity index (χ4v) is 2.02. The number of aromatic nitrogens is 2. The monoisotopic (exact) mass is 277 g/mol. The first kappa shape index (κ1) is 13.1. The van der Waals surface area contributed by atoms with E-state index in [1.54, 1.807) is 6.20 Å². The summed E-state index contributed by atoms with van der Waals surface area (Å²) in [6.45, 7) is 2.01. The quantitative estimate of drug-likeness (QED) is 0.771. The van der Waals surface area contributed by atoms with E-state index in [1.165, 1.54) is 10.9 Å². The lowest BCUT2D eigenvalue weighted by molar-refractivity contribution is 0.253. The maximum absolute atomic E-state index is 12.2. The molecule has 0 aliphatic heterocycles. The van der Waals surface area contributed by atoms with Gasteiger partial charge in [0, 0.05) is 17.4 Å². The molecule has 0 bridgehead atoms. The lowest BCUT2D eigenvalue weighted by Gasteiger charge is -2.05. The molecule has 104 valence electrons. The summed E-state index contributed by atoms with van der Waals surface area (Å²) in [6, 6.07) is 17.2. The molecule has 0 spiro atoms. The van der Waals surface area contributed by atoms with Crippen molar-refractivity contribution in [1.82, 2.24) is 9.55 Å². The standard InChI is InChI=1S/C17H15N3O/c1-13-7-9-15(10-8-13)19-17(21)20-11-16(18-12-20)14-5-3-2-4-6-14/h2-12H,1H3,(H,19,21). The topological polar surface area (TPSA) is 46.9 Å². The molecule has 2 aromatic carbocycles. The first-order valence-corrected chi connectivity index (χ1v) is 6.70. The summed E-state index contributed by atoms with van der Waals surface area (Å²) in [5.74, 6) is 0. The van der Waals surface area contributed by atoms with Crippen LogP contribution in [0.25, 0.3) is 11.3 Å². The van der Waals surface area contributed by atoms with Crippen LogP contribution in [0.1, 0.15) is 5.56 Å². The number of hydrogen-bond donors (Lipinski definition) is 1. The van der Waals surface area contributed by atoms with Crippen molar-refractivity contribution < 1.29 is 4.79 Å². The molecule has 3 rings (SSSR count). The van der Waals surface area contributed by atoms with Crippen LogP contribution in [0.4, 0.5) is 10.5 Å². The number of carbonyl (C=O) groups excluding carboxylic acids is 1. The molecule has 3 aromatic rings. The minimum absolute atomic E-state index is 0.228. The van der Waals surface area contributed by atoms with Crippen LogP contribution in [-0.2, 0) is 0 Å². The second kappa shape index (κ2) is 5.63. The van der Waals surface area contributed by atoms with Crippen LogP contribution in [0, 0.1) is 6.92 Å². The molecule has 0 fully saturated rings. The van der Waals surface area contributed by atoms with Crippen molar-refractivity contribution in [3.63, 3.8) is 0 Å². The van der Waals surface area contributed by atoms with Gasteiger partial charge in [-0.05, 0) is 19.1 Å².